The lowest BCUT2D eigenvalue weighted by molar-refractivity contribution is -0.135. The van der Waals surface area contributed by atoms with Gasteiger partial charge in [0.2, 0.25) is 11.8 Å². The van der Waals surface area contributed by atoms with Gasteiger partial charge in [0.05, 0.1) is 5.02 Å². The van der Waals surface area contributed by atoms with Gasteiger partial charge in [0, 0.05) is 16.4 Å². The lowest BCUT2D eigenvalue weighted by Gasteiger charge is -2.23. The summed E-state index contributed by atoms with van der Waals surface area (Å²) in [5, 5.41) is 5.63. The first-order chi connectivity index (χ1) is 11.2. The van der Waals surface area contributed by atoms with E-state index < -0.39 is 23.0 Å². The smallest absolute Gasteiger partial charge is 0.239 e. The van der Waals surface area contributed by atoms with Gasteiger partial charge < -0.3 is 10.6 Å². The van der Waals surface area contributed by atoms with E-state index in [9.17, 15) is 14.0 Å². The van der Waals surface area contributed by atoms with Crippen LogP contribution < -0.4 is 10.6 Å². The molecule has 24 heavy (non-hydrogen) atoms. The minimum Gasteiger partial charge on any atom is -0.325 e. The van der Waals surface area contributed by atoms with Crippen molar-refractivity contribution in [3.63, 3.8) is 0 Å². The Morgan fingerprint density at radius 2 is 1.42 bits per heavy atom. The van der Waals surface area contributed by atoms with Gasteiger partial charge in [-0.1, -0.05) is 23.2 Å². The monoisotopic (exact) mass is 368 g/mol. The van der Waals surface area contributed by atoms with E-state index >= 15 is 0 Å². The summed E-state index contributed by atoms with van der Waals surface area (Å²) in [5.41, 5.74) is -0.533. The van der Waals surface area contributed by atoms with Gasteiger partial charge >= 0.3 is 0 Å². The van der Waals surface area contributed by atoms with Crippen LogP contribution in [0.25, 0.3) is 0 Å². The summed E-state index contributed by atoms with van der Waals surface area (Å²) in [6, 6.07) is 10.3. The zero-order chi connectivity index (χ0) is 17.9. The Bertz CT molecular complexity index is 777. The molecule has 0 radical (unpaired) electrons. The summed E-state index contributed by atoms with van der Waals surface area (Å²) < 4.78 is 13.2. The number of benzene rings is 2. The molecule has 2 rings (SSSR count). The third-order valence-corrected chi connectivity index (χ3v) is 3.96. The van der Waals surface area contributed by atoms with Crippen LogP contribution in [0, 0.1) is 11.2 Å². The Morgan fingerprint density at radius 3 is 1.96 bits per heavy atom. The van der Waals surface area contributed by atoms with Gasteiger partial charge in [-0.25, -0.2) is 4.39 Å². The van der Waals surface area contributed by atoms with E-state index in [1.54, 1.807) is 24.3 Å². The number of carbonyl (C=O) groups is 2. The summed E-state index contributed by atoms with van der Waals surface area (Å²) in [5.74, 6) is -1.62. The molecule has 7 heteroatoms. The minimum atomic E-state index is -1.36. The molecule has 0 fully saturated rings. The molecular weight excluding hydrogens is 354 g/mol. The maximum atomic E-state index is 13.2. The molecule has 0 aliphatic carbocycles. The van der Waals surface area contributed by atoms with Crippen LogP contribution in [0.15, 0.2) is 42.5 Å². The third kappa shape index (κ3) is 4.24. The Balaban J connectivity index is 2.09. The highest BCUT2D eigenvalue weighted by Gasteiger charge is 2.36. The number of nitrogens with one attached hydrogen (secondary N) is 2. The average molecular weight is 369 g/mol. The van der Waals surface area contributed by atoms with Crippen molar-refractivity contribution >= 4 is 46.4 Å². The Labute approximate surface area is 149 Å². The first-order valence-electron chi connectivity index (χ1n) is 7.03. The number of anilines is 2. The van der Waals surface area contributed by atoms with Gasteiger partial charge in [0.1, 0.15) is 11.2 Å². The number of carbonyl (C=O) groups excluding carboxylic acids is 2. The molecule has 0 unspecified atom stereocenters. The number of halogens is 3. The summed E-state index contributed by atoms with van der Waals surface area (Å²) in [6.07, 6.45) is 0. The van der Waals surface area contributed by atoms with E-state index in [-0.39, 0.29) is 5.02 Å². The quantitative estimate of drug-likeness (QED) is 0.765. The molecule has 2 N–H and O–H groups in total. The van der Waals surface area contributed by atoms with Gasteiger partial charge in [-0.3, -0.25) is 9.59 Å². The van der Waals surface area contributed by atoms with E-state index in [2.05, 4.69) is 10.6 Å². The highest BCUT2D eigenvalue weighted by Crippen LogP contribution is 2.24. The minimum absolute atomic E-state index is 0.115. The van der Waals surface area contributed by atoms with Gasteiger partial charge in [0.15, 0.2) is 0 Å². The van der Waals surface area contributed by atoms with Crippen LogP contribution in [0.4, 0.5) is 15.8 Å². The molecule has 0 spiro atoms. The zero-order valence-electron chi connectivity index (χ0n) is 13.0. The molecule has 0 saturated heterocycles. The molecular formula is C17H15Cl2FN2O2. The van der Waals surface area contributed by atoms with Crippen LogP contribution in [-0.2, 0) is 9.59 Å². The Hall–Kier alpha value is -2.11. The first kappa shape index (κ1) is 18.2. The maximum absolute atomic E-state index is 13.2. The molecule has 2 amide bonds. The number of amides is 2. The first-order valence-corrected chi connectivity index (χ1v) is 7.79. The molecule has 4 nitrogen and oxygen atoms in total. The fourth-order valence-corrected chi connectivity index (χ4v) is 2.09. The number of hydrogen-bond donors (Lipinski definition) is 2. The predicted molar refractivity (Wildman–Crippen MR) is 93.9 cm³/mol. The molecule has 0 aliphatic heterocycles. The highest BCUT2D eigenvalue weighted by molar-refractivity contribution is 6.31. The van der Waals surface area contributed by atoms with Crippen LogP contribution in [0.5, 0.6) is 0 Å². The second-order valence-electron chi connectivity index (χ2n) is 5.67. The molecule has 0 heterocycles. The van der Waals surface area contributed by atoms with E-state index in [0.29, 0.717) is 16.4 Å². The lowest BCUT2D eigenvalue weighted by atomic mass is 9.90. The number of rotatable bonds is 4. The normalized spacial score (nSPS) is 11.0. The molecule has 0 saturated carbocycles. The largest absolute Gasteiger partial charge is 0.325 e. The van der Waals surface area contributed by atoms with Crippen LogP contribution in [-0.4, -0.2) is 11.8 Å². The van der Waals surface area contributed by atoms with Gasteiger partial charge in [-0.2, -0.15) is 0 Å². The van der Waals surface area contributed by atoms with Crippen molar-refractivity contribution in [2.45, 2.75) is 13.8 Å². The second-order valence-corrected chi connectivity index (χ2v) is 6.51. The summed E-state index contributed by atoms with van der Waals surface area (Å²) >= 11 is 11.5. The summed E-state index contributed by atoms with van der Waals surface area (Å²) in [6.45, 7) is 2.97. The third-order valence-electron chi connectivity index (χ3n) is 3.41. The molecule has 2 aromatic rings. The van der Waals surface area contributed by atoms with Gasteiger partial charge in [-0.15, -0.1) is 0 Å². The van der Waals surface area contributed by atoms with Crippen molar-refractivity contribution in [1.29, 1.82) is 0 Å². The Kier molecular flexibility index (Phi) is 5.47. The fourth-order valence-electron chi connectivity index (χ4n) is 1.78. The average Bonchev–Trinajstić information content (AvgIpc) is 2.53. The standard InChI is InChI=1S/C17H15Cl2FN2O2/c1-17(2,15(23)21-11-5-3-10(18)4-6-11)16(24)22-12-7-8-14(20)13(19)9-12/h3-9H,1-2H3,(H,21,23)(H,22,24). The molecule has 2 aromatic carbocycles. The summed E-state index contributed by atoms with van der Waals surface area (Å²) in [4.78, 5) is 24.8. The predicted octanol–water partition coefficient (Wildman–Crippen LogP) is 4.74. The summed E-state index contributed by atoms with van der Waals surface area (Å²) in [7, 11) is 0. The van der Waals surface area contributed by atoms with Crippen molar-refractivity contribution in [2.75, 3.05) is 10.6 Å². The van der Waals surface area contributed by atoms with Crippen molar-refractivity contribution in [1.82, 2.24) is 0 Å². The van der Waals surface area contributed by atoms with Crippen LogP contribution in [0.2, 0.25) is 10.0 Å². The second kappa shape index (κ2) is 7.20. The number of hydrogen-bond acceptors (Lipinski definition) is 2. The highest BCUT2D eigenvalue weighted by atomic mass is 35.5. The van der Waals surface area contributed by atoms with Crippen LogP contribution >= 0.6 is 23.2 Å². The molecule has 0 bridgehead atoms. The molecule has 126 valence electrons. The Morgan fingerprint density at radius 1 is 0.917 bits per heavy atom. The lowest BCUT2D eigenvalue weighted by Crippen LogP contribution is -2.41. The van der Waals surface area contributed by atoms with E-state index in [0.717, 1.165) is 6.07 Å². The van der Waals surface area contributed by atoms with E-state index in [1.165, 1.54) is 26.0 Å². The van der Waals surface area contributed by atoms with Crippen molar-refractivity contribution in [2.24, 2.45) is 5.41 Å². The SMILES string of the molecule is CC(C)(C(=O)Nc1ccc(Cl)cc1)C(=O)Nc1ccc(F)c(Cl)c1. The van der Waals surface area contributed by atoms with Crippen molar-refractivity contribution in [3.05, 3.63) is 58.3 Å². The molecule has 0 aromatic heterocycles. The van der Waals surface area contributed by atoms with Crippen molar-refractivity contribution < 1.29 is 14.0 Å². The topological polar surface area (TPSA) is 58.2 Å². The van der Waals surface area contributed by atoms with Crippen LogP contribution in [0.3, 0.4) is 0 Å². The molecule has 0 aliphatic rings. The van der Waals surface area contributed by atoms with Crippen LogP contribution in [0.1, 0.15) is 13.8 Å². The maximum Gasteiger partial charge on any atom is 0.239 e. The fraction of sp³-hybridized carbons (Fsp3) is 0.176. The van der Waals surface area contributed by atoms with E-state index in [4.69, 9.17) is 23.2 Å². The molecule has 0 atom stereocenters. The van der Waals surface area contributed by atoms with E-state index in [1.807, 2.05) is 0 Å². The van der Waals surface area contributed by atoms with Gasteiger partial charge in [-0.05, 0) is 56.3 Å². The van der Waals surface area contributed by atoms with Crippen molar-refractivity contribution in [3.8, 4) is 0 Å². The van der Waals surface area contributed by atoms with Gasteiger partial charge in [0.25, 0.3) is 0 Å². The zero-order valence-corrected chi connectivity index (χ0v) is 14.5.